The van der Waals surface area contributed by atoms with Crippen LogP contribution < -0.4 is 0 Å². The number of pyridine rings is 1. The predicted octanol–water partition coefficient (Wildman–Crippen LogP) is 1.40. The van der Waals surface area contributed by atoms with Crippen LogP contribution >= 0.6 is 0 Å². The normalized spacial score (nSPS) is 22.1. The smallest absolute Gasteiger partial charge is 0.272 e. The minimum Gasteiger partial charge on any atom is -0.373 e. The molecule has 6 heteroatoms. The lowest BCUT2D eigenvalue weighted by atomic mass is 10.2. The van der Waals surface area contributed by atoms with Crippen molar-refractivity contribution < 1.29 is 13.9 Å². The van der Waals surface area contributed by atoms with Gasteiger partial charge in [0.2, 0.25) is 0 Å². The van der Waals surface area contributed by atoms with Crippen molar-refractivity contribution in [3.63, 3.8) is 0 Å². The summed E-state index contributed by atoms with van der Waals surface area (Å²) in [6.07, 6.45) is 3.77. The molecule has 2 aliphatic rings. The first-order valence-electron chi connectivity index (χ1n) is 7.83. The first-order chi connectivity index (χ1) is 10.6. The Morgan fingerprint density at radius 1 is 1.45 bits per heavy atom. The summed E-state index contributed by atoms with van der Waals surface area (Å²) in [5.74, 6) is 0.256. The molecule has 0 spiro atoms. The summed E-state index contributed by atoms with van der Waals surface area (Å²) in [6, 6.07) is 2.70. The van der Waals surface area contributed by atoms with Gasteiger partial charge in [-0.25, -0.2) is 9.37 Å². The molecule has 22 heavy (non-hydrogen) atoms. The largest absolute Gasteiger partial charge is 0.373 e. The van der Waals surface area contributed by atoms with E-state index in [2.05, 4.69) is 16.9 Å². The van der Waals surface area contributed by atoms with Gasteiger partial charge in [-0.15, -0.1) is 0 Å². The average molecular weight is 307 g/mol. The van der Waals surface area contributed by atoms with Crippen molar-refractivity contribution in [3.05, 3.63) is 29.8 Å². The highest BCUT2D eigenvalue weighted by Crippen LogP contribution is 2.29. The third-order valence-electron chi connectivity index (χ3n) is 4.15. The number of carbonyl (C=O) groups is 1. The molecule has 1 aromatic rings. The van der Waals surface area contributed by atoms with E-state index in [0.29, 0.717) is 19.7 Å². The predicted molar refractivity (Wildman–Crippen MR) is 80.1 cm³/mol. The van der Waals surface area contributed by atoms with E-state index in [1.54, 1.807) is 4.90 Å². The Bertz CT molecular complexity index is 519. The summed E-state index contributed by atoms with van der Waals surface area (Å²) in [5, 5.41) is 0. The summed E-state index contributed by atoms with van der Waals surface area (Å²) in [7, 11) is 2.10. The number of morpholine rings is 1. The fourth-order valence-corrected chi connectivity index (χ4v) is 2.84. The van der Waals surface area contributed by atoms with E-state index in [9.17, 15) is 9.18 Å². The number of amides is 1. The standard InChI is InChI=1S/C16H22FN3O2/c1-19(9-12-2-3-12)10-14-11-20(6-7-22-14)16(21)15-5-4-13(17)8-18-15/h4-5,8,12,14H,2-3,6-7,9-11H2,1H3. The maximum absolute atomic E-state index is 12.9. The van der Waals surface area contributed by atoms with Crippen molar-refractivity contribution in [2.45, 2.75) is 18.9 Å². The third-order valence-corrected chi connectivity index (χ3v) is 4.15. The van der Waals surface area contributed by atoms with Crippen LogP contribution in [0.5, 0.6) is 0 Å². The fraction of sp³-hybridized carbons (Fsp3) is 0.625. The van der Waals surface area contributed by atoms with E-state index in [1.165, 1.54) is 25.0 Å². The molecule has 1 atom stereocenters. The van der Waals surface area contributed by atoms with E-state index in [-0.39, 0.29) is 17.7 Å². The Hall–Kier alpha value is -1.53. The first-order valence-corrected chi connectivity index (χ1v) is 7.83. The minimum atomic E-state index is -0.432. The number of hydrogen-bond donors (Lipinski definition) is 0. The molecule has 1 saturated heterocycles. The van der Waals surface area contributed by atoms with Gasteiger partial charge in [0.15, 0.2) is 0 Å². The molecule has 1 aliphatic heterocycles. The van der Waals surface area contributed by atoms with E-state index in [0.717, 1.165) is 25.2 Å². The van der Waals surface area contributed by atoms with Gasteiger partial charge in [-0.1, -0.05) is 0 Å². The van der Waals surface area contributed by atoms with Crippen LogP contribution in [0.1, 0.15) is 23.3 Å². The molecule has 1 saturated carbocycles. The summed E-state index contributed by atoms with van der Waals surface area (Å²) < 4.78 is 18.7. The van der Waals surface area contributed by atoms with Gasteiger partial charge in [-0.05, 0) is 37.9 Å². The summed E-state index contributed by atoms with van der Waals surface area (Å²) in [4.78, 5) is 20.3. The Balaban J connectivity index is 1.55. The second kappa shape index (κ2) is 6.71. The maximum Gasteiger partial charge on any atom is 0.272 e. The molecular weight excluding hydrogens is 285 g/mol. The van der Waals surface area contributed by atoms with Gasteiger partial charge in [0.05, 0.1) is 18.9 Å². The molecule has 1 aliphatic carbocycles. The number of carbonyl (C=O) groups excluding carboxylic acids is 1. The molecule has 1 unspecified atom stereocenters. The summed E-state index contributed by atoms with van der Waals surface area (Å²) in [5.41, 5.74) is 0.286. The quantitative estimate of drug-likeness (QED) is 0.825. The zero-order valence-corrected chi connectivity index (χ0v) is 12.9. The molecule has 0 N–H and O–H groups in total. The van der Waals surface area contributed by atoms with Crippen molar-refractivity contribution in [2.75, 3.05) is 39.8 Å². The molecule has 3 rings (SSSR count). The second-order valence-corrected chi connectivity index (χ2v) is 6.27. The highest BCUT2D eigenvalue weighted by atomic mass is 19.1. The molecule has 2 heterocycles. The van der Waals surface area contributed by atoms with Gasteiger partial charge in [0.1, 0.15) is 11.5 Å². The van der Waals surface area contributed by atoms with E-state index in [4.69, 9.17) is 4.74 Å². The van der Waals surface area contributed by atoms with Gasteiger partial charge >= 0.3 is 0 Å². The lowest BCUT2D eigenvalue weighted by molar-refractivity contribution is -0.0335. The third kappa shape index (κ3) is 4.01. The molecule has 1 aromatic heterocycles. The number of hydrogen-bond acceptors (Lipinski definition) is 4. The number of nitrogens with zero attached hydrogens (tertiary/aromatic N) is 3. The van der Waals surface area contributed by atoms with Crippen LogP contribution in [0.2, 0.25) is 0 Å². The number of aromatic nitrogens is 1. The minimum absolute atomic E-state index is 0.0295. The van der Waals surface area contributed by atoms with Crippen LogP contribution in [-0.2, 0) is 4.74 Å². The molecule has 0 radical (unpaired) electrons. The zero-order valence-electron chi connectivity index (χ0n) is 12.9. The first kappa shape index (κ1) is 15.4. The fourth-order valence-electron chi connectivity index (χ4n) is 2.84. The van der Waals surface area contributed by atoms with E-state index in [1.807, 2.05) is 0 Å². The molecule has 2 fully saturated rings. The van der Waals surface area contributed by atoms with Crippen LogP contribution in [0.3, 0.4) is 0 Å². The maximum atomic E-state index is 12.9. The number of rotatable bonds is 5. The highest BCUT2D eigenvalue weighted by Gasteiger charge is 2.28. The number of halogens is 1. The SMILES string of the molecule is CN(CC1CC1)CC1CN(C(=O)c2ccc(F)cn2)CCO1. The van der Waals surface area contributed by atoms with Gasteiger partial charge in [0, 0.05) is 26.2 Å². The zero-order chi connectivity index (χ0) is 15.5. The van der Waals surface area contributed by atoms with Gasteiger partial charge in [-0.3, -0.25) is 4.79 Å². The van der Waals surface area contributed by atoms with Crippen LogP contribution in [0.4, 0.5) is 4.39 Å². The molecule has 5 nitrogen and oxygen atoms in total. The van der Waals surface area contributed by atoms with Crippen molar-refractivity contribution >= 4 is 5.91 Å². The van der Waals surface area contributed by atoms with Crippen molar-refractivity contribution in [1.82, 2.24) is 14.8 Å². The van der Waals surface area contributed by atoms with E-state index >= 15 is 0 Å². The molecule has 1 amide bonds. The van der Waals surface area contributed by atoms with Gasteiger partial charge in [0.25, 0.3) is 5.91 Å². The van der Waals surface area contributed by atoms with Crippen LogP contribution in [0.15, 0.2) is 18.3 Å². The summed E-state index contributed by atoms with van der Waals surface area (Å²) in [6.45, 7) is 3.59. The monoisotopic (exact) mass is 307 g/mol. The van der Waals surface area contributed by atoms with Crippen LogP contribution in [-0.4, -0.2) is 66.6 Å². The second-order valence-electron chi connectivity index (χ2n) is 6.27. The average Bonchev–Trinajstić information content (AvgIpc) is 3.31. The van der Waals surface area contributed by atoms with Crippen molar-refractivity contribution in [2.24, 2.45) is 5.92 Å². The highest BCUT2D eigenvalue weighted by molar-refractivity contribution is 5.92. The lowest BCUT2D eigenvalue weighted by Gasteiger charge is -2.34. The van der Waals surface area contributed by atoms with Gasteiger partial charge in [-0.2, -0.15) is 0 Å². The lowest BCUT2D eigenvalue weighted by Crippen LogP contribution is -2.49. The molecule has 0 aromatic carbocycles. The topological polar surface area (TPSA) is 45.7 Å². The Kier molecular flexibility index (Phi) is 4.69. The summed E-state index contributed by atoms with van der Waals surface area (Å²) >= 11 is 0. The Morgan fingerprint density at radius 3 is 2.95 bits per heavy atom. The molecule has 0 bridgehead atoms. The van der Waals surface area contributed by atoms with Crippen molar-refractivity contribution in [3.8, 4) is 0 Å². The van der Waals surface area contributed by atoms with Crippen LogP contribution in [0.25, 0.3) is 0 Å². The molecule has 120 valence electrons. The molecular formula is C16H22FN3O2. The van der Waals surface area contributed by atoms with E-state index < -0.39 is 5.82 Å². The number of ether oxygens (including phenoxy) is 1. The number of likely N-dealkylation sites (N-methyl/N-ethyl adjacent to an activating group) is 1. The van der Waals surface area contributed by atoms with Gasteiger partial charge < -0.3 is 14.5 Å². The van der Waals surface area contributed by atoms with Crippen molar-refractivity contribution in [1.29, 1.82) is 0 Å². The van der Waals surface area contributed by atoms with Crippen LogP contribution in [0, 0.1) is 11.7 Å². The Morgan fingerprint density at radius 2 is 2.27 bits per heavy atom. The Labute approximate surface area is 130 Å².